The Hall–Kier alpha value is -1.14. The van der Waals surface area contributed by atoms with Gasteiger partial charge in [0.05, 0.1) is 6.04 Å². The van der Waals surface area contributed by atoms with Crippen LogP contribution in [0.15, 0.2) is 0 Å². The zero-order valence-corrected chi connectivity index (χ0v) is 8.77. The Morgan fingerprint density at radius 3 is 2.60 bits per heavy atom. The number of amides is 1. The summed E-state index contributed by atoms with van der Waals surface area (Å²) in [6.07, 6.45) is 0.992. The second kappa shape index (κ2) is 4.16. The molecule has 0 bridgehead atoms. The van der Waals surface area contributed by atoms with E-state index in [0.29, 0.717) is 19.4 Å². The predicted octanol–water partition coefficient (Wildman–Crippen LogP) is -1.26. The first-order chi connectivity index (χ1) is 6.87. The lowest BCUT2D eigenvalue weighted by Gasteiger charge is -2.37. The van der Waals surface area contributed by atoms with Gasteiger partial charge in [0.25, 0.3) is 0 Å². The van der Waals surface area contributed by atoms with Crippen LogP contribution in [0.2, 0.25) is 0 Å². The topological polar surface area (TPSA) is 110 Å². The Morgan fingerprint density at radius 2 is 2.13 bits per heavy atom. The zero-order valence-electron chi connectivity index (χ0n) is 8.77. The Bertz CT molecular complexity index is 280. The molecular weight excluding hydrogens is 198 g/mol. The van der Waals surface area contributed by atoms with E-state index in [1.54, 1.807) is 6.92 Å². The van der Waals surface area contributed by atoms with Crippen LogP contribution in [0.1, 0.15) is 19.8 Å². The van der Waals surface area contributed by atoms with Gasteiger partial charge in [-0.3, -0.25) is 9.59 Å². The normalized spacial score (nSPS) is 28.6. The Morgan fingerprint density at radius 1 is 1.53 bits per heavy atom. The number of likely N-dealkylation sites (tertiary alicyclic amines) is 1. The van der Waals surface area contributed by atoms with Gasteiger partial charge in [-0.1, -0.05) is 0 Å². The highest BCUT2D eigenvalue weighted by atomic mass is 16.4. The fourth-order valence-corrected chi connectivity index (χ4v) is 1.73. The number of hydrogen-bond acceptors (Lipinski definition) is 4. The summed E-state index contributed by atoms with van der Waals surface area (Å²) in [5, 5.41) is 8.94. The average molecular weight is 215 g/mol. The predicted molar refractivity (Wildman–Crippen MR) is 54.0 cm³/mol. The van der Waals surface area contributed by atoms with Gasteiger partial charge in [0.2, 0.25) is 5.91 Å². The van der Waals surface area contributed by atoms with Gasteiger partial charge >= 0.3 is 5.97 Å². The molecule has 1 heterocycles. The summed E-state index contributed by atoms with van der Waals surface area (Å²) in [5.41, 5.74) is 9.83. The number of hydrogen-bond donors (Lipinski definition) is 3. The fraction of sp³-hybridized carbons (Fsp3) is 0.778. The number of aliphatic carboxylic acids is 1. The third-order valence-electron chi connectivity index (χ3n) is 2.65. The van der Waals surface area contributed by atoms with Crippen LogP contribution in [0.25, 0.3) is 0 Å². The van der Waals surface area contributed by atoms with E-state index in [0.717, 1.165) is 0 Å². The van der Waals surface area contributed by atoms with E-state index >= 15 is 0 Å². The quantitative estimate of drug-likeness (QED) is 0.532. The number of carboxylic acids is 1. The molecule has 0 aliphatic carbocycles. The van der Waals surface area contributed by atoms with Gasteiger partial charge in [0.15, 0.2) is 0 Å². The van der Waals surface area contributed by atoms with Crippen LogP contribution >= 0.6 is 0 Å². The highest BCUT2D eigenvalue weighted by Crippen LogP contribution is 2.19. The van der Waals surface area contributed by atoms with Crippen molar-refractivity contribution in [2.75, 3.05) is 13.1 Å². The van der Waals surface area contributed by atoms with Crippen LogP contribution < -0.4 is 11.5 Å². The van der Waals surface area contributed by atoms with E-state index in [1.165, 1.54) is 4.90 Å². The van der Waals surface area contributed by atoms with Crippen LogP contribution in [0.4, 0.5) is 0 Å². The summed E-state index contributed by atoms with van der Waals surface area (Å²) < 4.78 is 0. The maximum Gasteiger partial charge on any atom is 0.325 e. The van der Waals surface area contributed by atoms with Crippen molar-refractivity contribution in [1.82, 2.24) is 4.90 Å². The lowest BCUT2D eigenvalue weighted by molar-refractivity contribution is -0.148. The van der Waals surface area contributed by atoms with Crippen LogP contribution in [-0.2, 0) is 9.59 Å². The molecule has 0 aromatic heterocycles. The third-order valence-corrected chi connectivity index (χ3v) is 2.65. The summed E-state index contributed by atoms with van der Waals surface area (Å²) in [7, 11) is 0. The molecule has 1 amide bonds. The smallest absolute Gasteiger partial charge is 0.325 e. The van der Waals surface area contributed by atoms with Gasteiger partial charge < -0.3 is 21.5 Å². The molecule has 0 radical (unpaired) electrons. The summed E-state index contributed by atoms with van der Waals surface area (Å²) in [6, 6.07) is -0.610. The summed E-state index contributed by atoms with van der Waals surface area (Å²) >= 11 is 0. The van der Waals surface area contributed by atoms with Crippen molar-refractivity contribution in [3.63, 3.8) is 0 Å². The van der Waals surface area contributed by atoms with E-state index in [2.05, 4.69) is 0 Å². The molecule has 2 atom stereocenters. The molecule has 0 aromatic carbocycles. The van der Waals surface area contributed by atoms with Crippen LogP contribution in [0.5, 0.6) is 0 Å². The largest absolute Gasteiger partial charge is 0.480 e. The number of carbonyl (C=O) groups excluding carboxylic acids is 1. The van der Waals surface area contributed by atoms with E-state index in [4.69, 9.17) is 16.6 Å². The molecule has 6 heteroatoms. The molecule has 0 saturated carbocycles. The number of piperidine rings is 1. The Balaban J connectivity index is 2.72. The monoisotopic (exact) mass is 215 g/mol. The molecule has 1 aliphatic heterocycles. The van der Waals surface area contributed by atoms with Gasteiger partial charge in [-0.15, -0.1) is 0 Å². The van der Waals surface area contributed by atoms with Crippen molar-refractivity contribution in [2.45, 2.75) is 31.3 Å². The fourth-order valence-electron chi connectivity index (χ4n) is 1.73. The van der Waals surface area contributed by atoms with E-state index < -0.39 is 17.6 Å². The number of rotatable bonds is 2. The van der Waals surface area contributed by atoms with Crippen LogP contribution in [0, 0.1) is 0 Å². The highest BCUT2D eigenvalue weighted by molar-refractivity contribution is 5.84. The van der Waals surface area contributed by atoms with Crippen LogP contribution in [0.3, 0.4) is 0 Å². The first kappa shape index (κ1) is 11.9. The minimum absolute atomic E-state index is 0.0444. The van der Waals surface area contributed by atoms with E-state index in [9.17, 15) is 9.59 Å². The summed E-state index contributed by atoms with van der Waals surface area (Å²) in [4.78, 5) is 23.9. The molecule has 86 valence electrons. The first-order valence-electron chi connectivity index (χ1n) is 4.93. The van der Waals surface area contributed by atoms with Crippen molar-refractivity contribution in [2.24, 2.45) is 11.5 Å². The van der Waals surface area contributed by atoms with Crippen molar-refractivity contribution in [1.29, 1.82) is 0 Å². The molecule has 0 spiro atoms. The molecule has 1 unspecified atom stereocenters. The maximum absolute atomic E-state index is 11.6. The SMILES string of the molecule is CC(N)C(=O)N1CCC[C@@](N)(C(=O)O)C1. The molecule has 6 nitrogen and oxygen atoms in total. The van der Waals surface area contributed by atoms with Crippen molar-refractivity contribution in [3.8, 4) is 0 Å². The Labute approximate surface area is 88.2 Å². The van der Waals surface area contributed by atoms with Gasteiger partial charge in [0.1, 0.15) is 5.54 Å². The van der Waals surface area contributed by atoms with E-state index in [-0.39, 0.29) is 12.5 Å². The molecule has 5 N–H and O–H groups in total. The molecule has 1 saturated heterocycles. The van der Waals surface area contributed by atoms with Crippen molar-refractivity contribution < 1.29 is 14.7 Å². The maximum atomic E-state index is 11.6. The standard InChI is InChI=1S/C9H17N3O3/c1-6(10)7(13)12-4-2-3-9(11,5-12)8(14)15/h6H,2-5,10-11H2,1H3,(H,14,15)/t6?,9-/m0/s1. The first-order valence-corrected chi connectivity index (χ1v) is 4.93. The minimum atomic E-state index is -1.32. The lowest BCUT2D eigenvalue weighted by atomic mass is 9.90. The summed E-state index contributed by atoms with van der Waals surface area (Å²) in [5.74, 6) is -1.31. The average Bonchev–Trinajstić information content (AvgIpc) is 2.16. The zero-order chi connectivity index (χ0) is 11.6. The van der Waals surface area contributed by atoms with Gasteiger partial charge in [-0.05, 0) is 19.8 Å². The second-order valence-corrected chi connectivity index (χ2v) is 4.11. The highest BCUT2D eigenvalue weighted by Gasteiger charge is 2.40. The van der Waals surface area contributed by atoms with Gasteiger partial charge in [-0.2, -0.15) is 0 Å². The van der Waals surface area contributed by atoms with E-state index in [1.807, 2.05) is 0 Å². The molecule has 15 heavy (non-hydrogen) atoms. The lowest BCUT2D eigenvalue weighted by Crippen LogP contribution is -2.61. The number of nitrogens with zero attached hydrogens (tertiary/aromatic N) is 1. The minimum Gasteiger partial charge on any atom is -0.480 e. The van der Waals surface area contributed by atoms with Crippen molar-refractivity contribution >= 4 is 11.9 Å². The molecule has 1 fully saturated rings. The molecule has 0 aromatic rings. The summed E-state index contributed by atoms with van der Waals surface area (Å²) in [6.45, 7) is 2.16. The van der Waals surface area contributed by atoms with Gasteiger partial charge in [0, 0.05) is 13.1 Å². The number of carbonyl (C=O) groups is 2. The molecule has 1 aliphatic rings. The third kappa shape index (κ3) is 2.45. The van der Waals surface area contributed by atoms with Gasteiger partial charge in [-0.25, -0.2) is 0 Å². The number of carboxylic acid groups (broad SMARTS) is 1. The van der Waals surface area contributed by atoms with Crippen LogP contribution in [-0.4, -0.2) is 46.6 Å². The number of nitrogens with two attached hydrogens (primary N) is 2. The van der Waals surface area contributed by atoms with Crippen molar-refractivity contribution in [3.05, 3.63) is 0 Å². The molecule has 1 rings (SSSR count). The molecular formula is C9H17N3O3. The Kier molecular flexibility index (Phi) is 3.31. The second-order valence-electron chi connectivity index (χ2n) is 4.11.